The number of nitrogens with one attached hydrogen (secondary N) is 3. The van der Waals surface area contributed by atoms with Crippen LogP contribution in [0.5, 0.6) is 5.75 Å². The summed E-state index contributed by atoms with van der Waals surface area (Å²) < 4.78 is 5.37. The van der Waals surface area contributed by atoms with Gasteiger partial charge in [0, 0.05) is 33.8 Å². The van der Waals surface area contributed by atoms with Crippen molar-refractivity contribution in [3.8, 4) is 16.9 Å². The highest BCUT2D eigenvalue weighted by Gasteiger charge is 2.08. The van der Waals surface area contributed by atoms with Crippen LogP contribution in [0.15, 0.2) is 95.0 Å². The molecule has 156 valence electrons. The lowest BCUT2D eigenvalue weighted by Crippen LogP contribution is -2.27. The van der Waals surface area contributed by atoms with Crippen molar-refractivity contribution in [2.24, 2.45) is 0 Å². The standard InChI is InChI=1S/C24H22N4O2S/c1-30-20-6-4-5-18(13-20)22-7-2-3-8-23(22)31-21-11-9-19(10-12-21)28-24(29)25-14-17-15-26-27-16-17/h2-13,15-16H,14H2,1H3,(H,26,27)(H2,25,28,29). The zero-order valence-corrected chi connectivity index (χ0v) is 17.8. The molecule has 3 N–H and O–H groups in total. The normalized spacial score (nSPS) is 10.5. The number of carbonyl (C=O) groups is 1. The molecule has 4 aromatic rings. The van der Waals surface area contributed by atoms with Crippen LogP contribution in [-0.4, -0.2) is 23.3 Å². The van der Waals surface area contributed by atoms with Crippen molar-refractivity contribution >= 4 is 23.5 Å². The second-order valence-electron chi connectivity index (χ2n) is 6.77. The molecule has 4 rings (SSSR count). The van der Waals surface area contributed by atoms with E-state index in [1.54, 1.807) is 31.3 Å². The fourth-order valence-electron chi connectivity index (χ4n) is 3.05. The summed E-state index contributed by atoms with van der Waals surface area (Å²) in [5.74, 6) is 0.832. The summed E-state index contributed by atoms with van der Waals surface area (Å²) in [6.45, 7) is 0.414. The number of hydrogen-bond acceptors (Lipinski definition) is 4. The molecule has 0 unspecified atom stereocenters. The molecule has 7 heteroatoms. The van der Waals surface area contributed by atoms with E-state index >= 15 is 0 Å². The Bertz CT molecular complexity index is 1140. The largest absolute Gasteiger partial charge is 0.497 e. The third-order valence-corrected chi connectivity index (χ3v) is 5.70. The SMILES string of the molecule is COc1cccc(-c2ccccc2Sc2ccc(NC(=O)NCc3cn[nH]c3)cc2)c1. The van der Waals surface area contributed by atoms with Crippen molar-refractivity contribution in [2.75, 3.05) is 12.4 Å². The number of urea groups is 1. The van der Waals surface area contributed by atoms with Crippen LogP contribution in [0.4, 0.5) is 10.5 Å². The van der Waals surface area contributed by atoms with E-state index < -0.39 is 0 Å². The van der Waals surface area contributed by atoms with Gasteiger partial charge < -0.3 is 15.4 Å². The number of benzene rings is 3. The predicted octanol–water partition coefficient (Wildman–Crippen LogP) is 5.56. The van der Waals surface area contributed by atoms with Crippen LogP contribution in [-0.2, 0) is 6.54 Å². The van der Waals surface area contributed by atoms with Crippen molar-refractivity contribution < 1.29 is 9.53 Å². The van der Waals surface area contributed by atoms with Gasteiger partial charge in [0.05, 0.1) is 13.3 Å². The Morgan fingerprint density at radius 1 is 1.06 bits per heavy atom. The van der Waals surface area contributed by atoms with Gasteiger partial charge in [-0.2, -0.15) is 5.10 Å². The maximum atomic E-state index is 12.1. The quantitative estimate of drug-likeness (QED) is 0.359. The highest BCUT2D eigenvalue weighted by molar-refractivity contribution is 7.99. The molecular weight excluding hydrogens is 408 g/mol. The number of hydrogen-bond donors (Lipinski definition) is 3. The van der Waals surface area contributed by atoms with Crippen molar-refractivity contribution in [1.29, 1.82) is 0 Å². The number of H-pyrrole nitrogens is 1. The molecule has 31 heavy (non-hydrogen) atoms. The molecule has 0 saturated heterocycles. The molecule has 0 atom stereocenters. The highest BCUT2D eigenvalue weighted by atomic mass is 32.2. The van der Waals surface area contributed by atoms with Crippen LogP contribution in [0.3, 0.4) is 0 Å². The maximum absolute atomic E-state index is 12.1. The zero-order chi connectivity index (χ0) is 21.5. The van der Waals surface area contributed by atoms with Gasteiger partial charge in [0.2, 0.25) is 0 Å². The Kier molecular flexibility index (Phi) is 6.54. The molecule has 0 aliphatic carbocycles. The average molecular weight is 431 g/mol. The fraction of sp³-hybridized carbons (Fsp3) is 0.0833. The van der Waals surface area contributed by atoms with E-state index in [0.717, 1.165) is 37.9 Å². The first-order chi connectivity index (χ1) is 15.2. The van der Waals surface area contributed by atoms with E-state index in [-0.39, 0.29) is 6.03 Å². The number of ether oxygens (including phenoxy) is 1. The summed E-state index contributed by atoms with van der Waals surface area (Å²) in [7, 11) is 1.67. The minimum atomic E-state index is -0.259. The number of aromatic nitrogens is 2. The maximum Gasteiger partial charge on any atom is 0.319 e. The lowest BCUT2D eigenvalue weighted by Gasteiger charge is -2.11. The third kappa shape index (κ3) is 5.46. The Balaban J connectivity index is 1.42. The summed E-state index contributed by atoms with van der Waals surface area (Å²) in [5, 5.41) is 12.2. The van der Waals surface area contributed by atoms with E-state index in [1.165, 1.54) is 0 Å². The lowest BCUT2D eigenvalue weighted by molar-refractivity contribution is 0.251. The number of nitrogens with zero attached hydrogens (tertiary/aromatic N) is 1. The van der Waals surface area contributed by atoms with Crippen LogP contribution < -0.4 is 15.4 Å². The Labute approximate surface area is 185 Å². The number of aromatic amines is 1. The van der Waals surface area contributed by atoms with Gasteiger partial charge in [0.1, 0.15) is 5.75 Å². The minimum absolute atomic E-state index is 0.259. The molecule has 1 aromatic heterocycles. The molecule has 3 aromatic carbocycles. The number of anilines is 1. The fourth-order valence-corrected chi connectivity index (χ4v) is 4.02. The van der Waals surface area contributed by atoms with Crippen molar-refractivity contribution in [1.82, 2.24) is 15.5 Å². The van der Waals surface area contributed by atoms with Gasteiger partial charge in [-0.25, -0.2) is 4.79 Å². The molecule has 0 aliphatic rings. The molecule has 0 spiro atoms. The van der Waals surface area contributed by atoms with Crippen molar-refractivity contribution in [2.45, 2.75) is 16.3 Å². The van der Waals surface area contributed by atoms with Gasteiger partial charge in [-0.1, -0.05) is 42.1 Å². The molecule has 0 saturated carbocycles. The Hall–Kier alpha value is -3.71. The minimum Gasteiger partial charge on any atom is -0.497 e. The zero-order valence-electron chi connectivity index (χ0n) is 17.0. The number of methoxy groups -OCH3 is 1. The highest BCUT2D eigenvalue weighted by Crippen LogP contribution is 2.37. The summed E-state index contributed by atoms with van der Waals surface area (Å²) in [4.78, 5) is 14.3. The molecule has 1 heterocycles. The van der Waals surface area contributed by atoms with Gasteiger partial charge in [0.25, 0.3) is 0 Å². The van der Waals surface area contributed by atoms with Gasteiger partial charge >= 0.3 is 6.03 Å². The molecule has 0 bridgehead atoms. The average Bonchev–Trinajstić information content (AvgIpc) is 3.33. The summed E-state index contributed by atoms with van der Waals surface area (Å²) in [5.41, 5.74) is 3.90. The smallest absolute Gasteiger partial charge is 0.319 e. The van der Waals surface area contributed by atoms with E-state index in [9.17, 15) is 4.79 Å². The van der Waals surface area contributed by atoms with Gasteiger partial charge in [-0.05, 0) is 53.6 Å². The summed E-state index contributed by atoms with van der Waals surface area (Å²) in [6, 6.07) is 23.9. The van der Waals surface area contributed by atoms with Crippen molar-refractivity contribution in [3.05, 3.63) is 90.8 Å². The predicted molar refractivity (Wildman–Crippen MR) is 123 cm³/mol. The second kappa shape index (κ2) is 9.86. The molecule has 0 radical (unpaired) electrons. The first-order valence-corrected chi connectivity index (χ1v) is 10.6. The van der Waals surface area contributed by atoms with Crippen LogP contribution in [0.2, 0.25) is 0 Å². The van der Waals surface area contributed by atoms with Crippen LogP contribution in [0, 0.1) is 0 Å². The first kappa shape index (κ1) is 20.6. The number of amides is 2. The van der Waals surface area contributed by atoms with Gasteiger partial charge in [-0.3, -0.25) is 5.10 Å². The van der Waals surface area contributed by atoms with E-state index in [0.29, 0.717) is 6.54 Å². The topological polar surface area (TPSA) is 79.0 Å². The molecule has 0 fully saturated rings. The Morgan fingerprint density at radius 3 is 2.68 bits per heavy atom. The van der Waals surface area contributed by atoms with E-state index in [4.69, 9.17) is 4.74 Å². The number of carbonyl (C=O) groups excluding carboxylic acids is 1. The molecular formula is C24H22N4O2S. The first-order valence-electron chi connectivity index (χ1n) is 9.75. The van der Waals surface area contributed by atoms with Gasteiger partial charge in [0.15, 0.2) is 0 Å². The summed E-state index contributed by atoms with van der Waals surface area (Å²) in [6.07, 6.45) is 3.42. The van der Waals surface area contributed by atoms with Crippen molar-refractivity contribution in [3.63, 3.8) is 0 Å². The van der Waals surface area contributed by atoms with Crippen LogP contribution in [0.1, 0.15) is 5.56 Å². The van der Waals surface area contributed by atoms with E-state index in [2.05, 4.69) is 39.0 Å². The van der Waals surface area contributed by atoms with E-state index in [1.807, 2.05) is 54.6 Å². The number of rotatable bonds is 7. The molecule has 2 amide bonds. The second-order valence-corrected chi connectivity index (χ2v) is 7.88. The molecule has 6 nitrogen and oxygen atoms in total. The Morgan fingerprint density at radius 2 is 1.90 bits per heavy atom. The van der Waals surface area contributed by atoms with Gasteiger partial charge in [-0.15, -0.1) is 0 Å². The lowest BCUT2D eigenvalue weighted by atomic mass is 10.1. The monoisotopic (exact) mass is 430 g/mol. The van der Waals surface area contributed by atoms with Crippen LogP contribution in [0.25, 0.3) is 11.1 Å². The third-order valence-electron chi connectivity index (χ3n) is 4.62. The summed E-state index contributed by atoms with van der Waals surface area (Å²) >= 11 is 1.68. The molecule has 0 aliphatic heterocycles. The van der Waals surface area contributed by atoms with Crippen LogP contribution >= 0.6 is 11.8 Å².